The predicted molar refractivity (Wildman–Crippen MR) is 89.6 cm³/mol. The van der Waals surface area contributed by atoms with Crippen molar-refractivity contribution in [1.82, 2.24) is 5.16 Å². The van der Waals surface area contributed by atoms with Gasteiger partial charge >= 0.3 is 0 Å². The molecule has 7 heteroatoms. The molecule has 1 heterocycles. The van der Waals surface area contributed by atoms with Crippen LogP contribution in [0.25, 0.3) is 11.3 Å². The maximum Gasteiger partial charge on any atom is 0.239 e. The minimum absolute atomic E-state index is 0.0749. The van der Waals surface area contributed by atoms with Gasteiger partial charge in [0.2, 0.25) is 15.9 Å². The van der Waals surface area contributed by atoms with Gasteiger partial charge in [0.15, 0.2) is 0 Å². The Hall–Kier alpha value is -2.31. The quantitative estimate of drug-likeness (QED) is 0.758. The Labute approximate surface area is 138 Å². The van der Waals surface area contributed by atoms with Crippen molar-refractivity contribution in [2.45, 2.75) is 5.75 Å². The number of halogens is 1. The van der Waals surface area contributed by atoms with Gasteiger partial charge in [-0.1, -0.05) is 59.2 Å². The van der Waals surface area contributed by atoms with Gasteiger partial charge in [0.25, 0.3) is 0 Å². The SMILES string of the molecule is O=S(=O)(Cc1ccccc1)Nc1cc(-c2ccc(Cl)cc2)no1. The average Bonchev–Trinajstić information content (AvgIpc) is 2.96. The number of anilines is 1. The summed E-state index contributed by atoms with van der Waals surface area (Å²) < 4.78 is 31.7. The van der Waals surface area contributed by atoms with E-state index in [9.17, 15) is 8.42 Å². The molecule has 3 rings (SSSR count). The highest BCUT2D eigenvalue weighted by molar-refractivity contribution is 7.91. The van der Waals surface area contributed by atoms with Crippen LogP contribution < -0.4 is 4.72 Å². The summed E-state index contributed by atoms with van der Waals surface area (Å²) in [5.74, 6) is -0.0592. The second-order valence-electron chi connectivity index (χ2n) is 4.93. The standard InChI is InChI=1S/C16H13ClN2O3S/c17-14-8-6-13(7-9-14)15-10-16(22-18-15)19-23(20,21)11-12-4-2-1-3-5-12/h1-10,19H,11H2. The van der Waals surface area contributed by atoms with Gasteiger partial charge < -0.3 is 4.52 Å². The normalized spacial score (nSPS) is 11.3. The van der Waals surface area contributed by atoms with Crippen LogP contribution >= 0.6 is 11.6 Å². The number of hydrogen-bond donors (Lipinski definition) is 1. The number of nitrogens with one attached hydrogen (secondary N) is 1. The molecule has 23 heavy (non-hydrogen) atoms. The van der Waals surface area contributed by atoms with E-state index in [0.717, 1.165) is 5.56 Å². The molecule has 3 aromatic rings. The monoisotopic (exact) mass is 348 g/mol. The van der Waals surface area contributed by atoms with E-state index in [4.69, 9.17) is 16.1 Å². The average molecular weight is 349 g/mol. The van der Waals surface area contributed by atoms with Gasteiger partial charge in [-0.3, -0.25) is 4.72 Å². The summed E-state index contributed by atoms with van der Waals surface area (Å²) in [6.07, 6.45) is 0. The number of nitrogens with zero attached hydrogens (tertiary/aromatic N) is 1. The summed E-state index contributed by atoms with van der Waals surface area (Å²) in [4.78, 5) is 0. The van der Waals surface area contributed by atoms with Crippen molar-refractivity contribution in [2.75, 3.05) is 4.72 Å². The number of hydrogen-bond acceptors (Lipinski definition) is 4. The fourth-order valence-electron chi connectivity index (χ4n) is 2.06. The molecule has 0 amide bonds. The molecule has 0 aliphatic rings. The van der Waals surface area contributed by atoms with E-state index >= 15 is 0 Å². The van der Waals surface area contributed by atoms with Crippen molar-refractivity contribution in [1.29, 1.82) is 0 Å². The molecule has 0 aliphatic heterocycles. The highest BCUT2D eigenvalue weighted by Gasteiger charge is 2.15. The molecule has 1 aromatic heterocycles. The molecule has 2 aromatic carbocycles. The molecule has 118 valence electrons. The number of benzene rings is 2. The molecule has 0 saturated carbocycles. The van der Waals surface area contributed by atoms with Crippen LogP contribution in [-0.4, -0.2) is 13.6 Å². The largest absolute Gasteiger partial charge is 0.337 e. The summed E-state index contributed by atoms with van der Waals surface area (Å²) >= 11 is 5.83. The molecule has 0 atom stereocenters. The van der Waals surface area contributed by atoms with Crippen LogP contribution in [0.3, 0.4) is 0 Å². The lowest BCUT2D eigenvalue weighted by Gasteiger charge is -2.04. The lowest BCUT2D eigenvalue weighted by atomic mass is 10.1. The zero-order valence-electron chi connectivity index (χ0n) is 11.9. The van der Waals surface area contributed by atoms with E-state index in [0.29, 0.717) is 16.3 Å². The predicted octanol–water partition coefficient (Wildman–Crippen LogP) is 3.94. The topological polar surface area (TPSA) is 72.2 Å². The third kappa shape index (κ3) is 4.12. The number of rotatable bonds is 5. The van der Waals surface area contributed by atoms with Crippen LogP contribution in [0.5, 0.6) is 0 Å². The minimum Gasteiger partial charge on any atom is -0.337 e. The van der Waals surface area contributed by atoms with Gasteiger partial charge in [0, 0.05) is 16.7 Å². The molecule has 5 nitrogen and oxygen atoms in total. The zero-order chi connectivity index (χ0) is 16.3. The van der Waals surface area contributed by atoms with E-state index in [1.54, 1.807) is 48.5 Å². The first-order valence-electron chi connectivity index (χ1n) is 6.79. The van der Waals surface area contributed by atoms with E-state index in [2.05, 4.69) is 9.88 Å². The van der Waals surface area contributed by atoms with Crippen molar-refractivity contribution >= 4 is 27.5 Å². The molecule has 0 bridgehead atoms. The van der Waals surface area contributed by atoms with Crippen LogP contribution in [-0.2, 0) is 15.8 Å². The van der Waals surface area contributed by atoms with E-state index in [-0.39, 0.29) is 11.6 Å². The zero-order valence-corrected chi connectivity index (χ0v) is 13.5. The molecular weight excluding hydrogens is 336 g/mol. The summed E-state index contributed by atoms with van der Waals surface area (Å²) in [6, 6.07) is 17.5. The molecule has 1 N–H and O–H groups in total. The Kier molecular flexibility index (Phi) is 4.36. The van der Waals surface area contributed by atoms with Crippen LogP contribution in [0.1, 0.15) is 5.56 Å². The third-order valence-electron chi connectivity index (χ3n) is 3.11. The van der Waals surface area contributed by atoms with Gasteiger partial charge in [-0.05, 0) is 17.7 Å². The van der Waals surface area contributed by atoms with Crippen LogP contribution in [0.2, 0.25) is 5.02 Å². The highest BCUT2D eigenvalue weighted by atomic mass is 35.5. The van der Waals surface area contributed by atoms with Gasteiger partial charge in [-0.25, -0.2) is 8.42 Å². The van der Waals surface area contributed by atoms with Crippen molar-refractivity contribution in [2.24, 2.45) is 0 Å². The van der Waals surface area contributed by atoms with Gasteiger partial charge in [0.1, 0.15) is 5.69 Å². The fourth-order valence-corrected chi connectivity index (χ4v) is 3.30. The van der Waals surface area contributed by atoms with Gasteiger partial charge in [0.05, 0.1) is 5.75 Å². The van der Waals surface area contributed by atoms with Gasteiger partial charge in [-0.15, -0.1) is 0 Å². The molecule has 0 aliphatic carbocycles. The first-order valence-corrected chi connectivity index (χ1v) is 8.82. The maximum atomic E-state index is 12.1. The Morgan fingerprint density at radius 1 is 1.04 bits per heavy atom. The smallest absolute Gasteiger partial charge is 0.239 e. The van der Waals surface area contributed by atoms with Crippen molar-refractivity contribution in [3.8, 4) is 11.3 Å². The molecule has 0 radical (unpaired) electrons. The van der Waals surface area contributed by atoms with E-state index in [1.165, 1.54) is 6.07 Å². The number of aromatic nitrogens is 1. The van der Waals surface area contributed by atoms with Gasteiger partial charge in [-0.2, -0.15) is 0 Å². The number of sulfonamides is 1. The Balaban J connectivity index is 1.74. The summed E-state index contributed by atoms with van der Waals surface area (Å²) in [5, 5.41) is 4.47. The fraction of sp³-hybridized carbons (Fsp3) is 0.0625. The van der Waals surface area contributed by atoms with Crippen LogP contribution in [0.4, 0.5) is 5.88 Å². The van der Waals surface area contributed by atoms with Crippen molar-refractivity contribution in [3.05, 3.63) is 71.2 Å². The molecule has 0 fully saturated rings. The maximum absolute atomic E-state index is 12.1. The second-order valence-corrected chi connectivity index (χ2v) is 7.09. The Morgan fingerprint density at radius 3 is 2.43 bits per heavy atom. The van der Waals surface area contributed by atoms with E-state index < -0.39 is 10.0 Å². The molecule has 0 unspecified atom stereocenters. The van der Waals surface area contributed by atoms with E-state index in [1.807, 2.05) is 6.07 Å². The Bertz CT molecular complexity index is 891. The molecule has 0 saturated heterocycles. The highest BCUT2D eigenvalue weighted by Crippen LogP contribution is 2.24. The lowest BCUT2D eigenvalue weighted by Crippen LogP contribution is -2.14. The molecule has 0 spiro atoms. The second kappa shape index (κ2) is 6.44. The van der Waals surface area contributed by atoms with Crippen molar-refractivity contribution < 1.29 is 12.9 Å². The minimum atomic E-state index is -3.57. The first-order chi connectivity index (χ1) is 11.0. The summed E-state index contributed by atoms with van der Waals surface area (Å²) in [7, 11) is -3.57. The lowest BCUT2D eigenvalue weighted by molar-refractivity contribution is 0.438. The Morgan fingerprint density at radius 2 is 1.74 bits per heavy atom. The first kappa shape index (κ1) is 15.6. The summed E-state index contributed by atoms with van der Waals surface area (Å²) in [5.41, 5.74) is 2.00. The summed E-state index contributed by atoms with van der Waals surface area (Å²) in [6.45, 7) is 0. The van der Waals surface area contributed by atoms with Crippen LogP contribution in [0.15, 0.2) is 65.2 Å². The van der Waals surface area contributed by atoms with Crippen LogP contribution in [0, 0.1) is 0 Å². The molecular formula is C16H13ClN2O3S. The third-order valence-corrected chi connectivity index (χ3v) is 4.58. The van der Waals surface area contributed by atoms with Crippen molar-refractivity contribution in [3.63, 3.8) is 0 Å².